The number of nitrogens with zero attached hydrogens (tertiary/aromatic N) is 2. The second-order valence-electron chi connectivity index (χ2n) is 4.30. The number of phenolic OH excluding ortho intramolecular Hbond substituents is 1. The van der Waals surface area contributed by atoms with Gasteiger partial charge in [-0.25, -0.2) is 0 Å². The molecule has 21 heavy (non-hydrogen) atoms. The summed E-state index contributed by atoms with van der Waals surface area (Å²) in [6.07, 6.45) is 1.43. The number of anilines is 1. The lowest BCUT2D eigenvalue weighted by atomic mass is 10.2. The smallest absolute Gasteiger partial charge is 0.285 e. The van der Waals surface area contributed by atoms with Gasteiger partial charge in [0.25, 0.3) is 15.6 Å². The van der Waals surface area contributed by atoms with E-state index in [9.17, 15) is 18.3 Å². The van der Waals surface area contributed by atoms with Gasteiger partial charge in [-0.15, -0.1) is 4.09 Å². The van der Waals surface area contributed by atoms with E-state index in [1.807, 2.05) is 0 Å². The molecule has 0 atom stereocenters. The van der Waals surface area contributed by atoms with Crippen LogP contribution in [0.15, 0.2) is 46.2 Å². The monoisotopic (exact) mass is 306 g/mol. The van der Waals surface area contributed by atoms with E-state index in [2.05, 4.69) is 10.1 Å². The first-order valence-electron chi connectivity index (χ1n) is 5.81. The molecule has 9 heteroatoms. The third-order valence-electron chi connectivity index (χ3n) is 2.94. The Morgan fingerprint density at radius 1 is 1.29 bits per heavy atom. The number of nitrogen functional groups attached to an aromatic ring is 1. The molecule has 0 saturated carbocycles. The number of hydrogen-bond acceptors (Lipinski definition) is 6. The standard InChI is InChI=1S/C12H10N4O4S/c13-10-6-11(18)16(15-10)21(19,20)9-4-3-8(17)12-7(9)2-1-5-14-12/h1-6,15,17H,13H2. The van der Waals surface area contributed by atoms with Gasteiger partial charge in [-0.2, -0.15) is 8.42 Å². The molecule has 0 aliphatic carbocycles. The molecule has 0 amide bonds. The van der Waals surface area contributed by atoms with Gasteiger partial charge in [-0.05, 0) is 24.3 Å². The van der Waals surface area contributed by atoms with Crippen LogP contribution in [0.1, 0.15) is 0 Å². The molecule has 0 aliphatic rings. The van der Waals surface area contributed by atoms with Gasteiger partial charge in [0.2, 0.25) is 0 Å². The van der Waals surface area contributed by atoms with E-state index < -0.39 is 15.6 Å². The van der Waals surface area contributed by atoms with E-state index >= 15 is 0 Å². The van der Waals surface area contributed by atoms with Gasteiger partial charge in [0.1, 0.15) is 17.1 Å². The van der Waals surface area contributed by atoms with Crippen LogP contribution in [0.5, 0.6) is 5.75 Å². The summed E-state index contributed by atoms with van der Waals surface area (Å²) in [5.74, 6) is -0.215. The number of nitrogens with one attached hydrogen (secondary N) is 1. The maximum absolute atomic E-state index is 12.6. The van der Waals surface area contributed by atoms with Gasteiger partial charge in [0, 0.05) is 17.6 Å². The first-order chi connectivity index (χ1) is 9.91. The van der Waals surface area contributed by atoms with Gasteiger partial charge in [0.05, 0.1) is 4.90 Å². The fraction of sp³-hybridized carbons (Fsp3) is 0. The van der Waals surface area contributed by atoms with Gasteiger partial charge in [-0.3, -0.25) is 14.9 Å². The van der Waals surface area contributed by atoms with Crippen molar-refractivity contribution in [3.63, 3.8) is 0 Å². The zero-order chi connectivity index (χ0) is 15.2. The Morgan fingerprint density at radius 3 is 2.71 bits per heavy atom. The largest absolute Gasteiger partial charge is 0.506 e. The van der Waals surface area contributed by atoms with Gasteiger partial charge < -0.3 is 10.8 Å². The molecule has 0 unspecified atom stereocenters. The summed E-state index contributed by atoms with van der Waals surface area (Å²) in [6.45, 7) is 0. The van der Waals surface area contributed by atoms with Crippen molar-refractivity contribution < 1.29 is 13.5 Å². The first kappa shape index (κ1) is 13.2. The van der Waals surface area contributed by atoms with Crippen molar-refractivity contribution in [2.75, 3.05) is 5.73 Å². The molecule has 0 saturated heterocycles. The van der Waals surface area contributed by atoms with Crippen LogP contribution in [0.3, 0.4) is 0 Å². The number of nitrogens with two attached hydrogens (primary N) is 1. The normalized spacial score (nSPS) is 11.8. The van der Waals surface area contributed by atoms with E-state index in [1.54, 1.807) is 0 Å². The van der Waals surface area contributed by atoms with Crippen molar-refractivity contribution in [2.24, 2.45) is 0 Å². The van der Waals surface area contributed by atoms with Crippen LogP contribution in [0, 0.1) is 0 Å². The maximum atomic E-state index is 12.6. The molecule has 108 valence electrons. The molecule has 3 aromatic rings. The highest BCUT2D eigenvalue weighted by Crippen LogP contribution is 2.29. The Bertz CT molecular complexity index is 1000. The molecular formula is C12H10N4O4S. The summed E-state index contributed by atoms with van der Waals surface area (Å²) in [5, 5.41) is 12.2. The Balaban J connectivity index is 2.38. The molecule has 0 spiro atoms. The third kappa shape index (κ3) is 1.94. The van der Waals surface area contributed by atoms with E-state index in [0.29, 0.717) is 4.09 Å². The number of aromatic hydroxyl groups is 1. The van der Waals surface area contributed by atoms with Crippen LogP contribution in [0.25, 0.3) is 10.9 Å². The fourth-order valence-corrected chi connectivity index (χ4v) is 3.42. The van der Waals surface area contributed by atoms with Crippen molar-refractivity contribution in [2.45, 2.75) is 4.90 Å². The lowest BCUT2D eigenvalue weighted by Gasteiger charge is -2.08. The van der Waals surface area contributed by atoms with Crippen molar-refractivity contribution in [3.05, 3.63) is 46.9 Å². The predicted molar refractivity (Wildman–Crippen MR) is 75.5 cm³/mol. The molecular weight excluding hydrogens is 296 g/mol. The molecule has 1 aromatic carbocycles. The number of rotatable bonds is 2. The van der Waals surface area contributed by atoms with Crippen LogP contribution in [-0.4, -0.2) is 27.7 Å². The van der Waals surface area contributed by atoms with Crippen LogP contribution < -0.4 is 11.3 Å². The highest BCUT2D eigenvalue weighted by Gasteiger charge is 2.23. The highest BCUT2D eigenvalue weighted by molar-refractivity contribution is 7.90. The third-order valence-corrected chi connectivity index (χ3v) is 4.60. The zero-order valence-corrected chi connectivity index (χ0v) is 11.3. The number of fused-ring (bicyclic) bond motifs is 1. The van der Waals surface area contributed by atoms with Crippen molar-refractivity contribution in [3.8, 4) is 5.75 Å². The lowest BCUT2D eigenvalue weighted by Crippen LogP contribution is -2.25. The Labute approximate surface area is 118 Å². The predicted octanol–water partition coefficient (Wildman–Crippen LogP) is 0.249. The van der Waals surface area contributed by atoms with E-state index in [1.165, 1.54) is 30.5 Å². The van der Waals surface area contributed by atoms with E-state index in [4.69, 9.17) is 5.73 Å². The summed E-state index contributed by atoms with van der Waals surface area (Å²) in [4.78, 5) is 15.5. The van der Waals surface area contributed by atoms with Crippen molar-refractivity contribution >= 4 is 26.7 Å². The van der Waals surface area contributed by atoms with Crippen LogP contribution in [-0.2, 0) is 10.0 Å². The molecule has 0 bridgehead atoms. The second kappa shape index (κ2) is 4.35. The van der Waals surface area contributed by atoms with Crippen LogP contribution in [0.4, 0.5) is 5.82 Å². The van der Waals surface area contributed by atoms with Crippen LogP contribution >= 0.6 is 0 Å². The Morgan fingerprint density at radius 2 is 2.05 bits per heavy atom. The second-order valence-corrected chi connectivity index (χ2v) is 6.06. The summed E-state index contributed by atoms with van der Waals surface area (Å²) in [5.41, 5.74) is 4.73. The minimum Gasteiger partial charge on any atom is -0.506 e. The fourth-order valence-electron chi connectivity index (χ4n) is 2.03. The maximum Gasteiger partial charge on any atom is 0.285 e. The quantitative estimate of drug-likeness (QED) is 0.622. The SMILES string of the molecule is Nc1cc(=O)n(S(=O)(=O)c2ccc(O)c3ncccc23)[nH]1. The molecule has 4 N–H and O–H groups in total. The lowest BCUT2D eigenvalue weighted by molar-refractivity contribution is 0.480. The average Bonchev–Trinajstić information content (AvgIpc) is 2.79. The summed E-state index contributed by atoms with van der Waals surface area (Å²) < 4.78 is 25.6. The zero-order valence-electron chi connectivity index (χ0n) is 10.5. The highest BCUT2D eigenvalue weighted by atomic mass is 32.2. The Kier molecular flexibility index (Phi) is 2.73. The Hall–Kier alpha value is -2.81. The molecule has 3 rings (SSSR count). The number of pyridine rings is 1. The van der Waals surface area contributed by atoms with E-state index in [-0.39, 0.29) is 27.4 Å². The number of aromatic nitrogens is 3. The van der Waals surface area contributed by atoms with Crippen molar-refractivity contribution in [1.82, 2.24) is 14.2 Å². The number of aromatic amines is 1. The number of phenols is 1. The molecule has 0 fully saturated rings. The average molecular weight is 306 g/mol. The van der Waals surface area contributed by atoms with Gasteiger partial charge >= 0.3 is 0 Å². The van der Waals surface area contributed by atoms with Gasteiger partial charge in [0.15, 0.2) is 0 Å². The molecule has 8 nitrogen and oxygen atoms in total. The number of benzene rings is 1. The first-order valence-corrected chi connectivity index (χ1v) is 7.25. The minimum atomic E-state index is -4.17. The molecule has 0 aliphatic heterocycles. The molecule has 2 aromatic heterocycles. The molecule has 0 radical (unpaired) electrons. The van der Waals surface area contributed by atoms with Crippen LogP contribution in [0.2, 0.25) is 0 Å². The minimum absolute atomic E-state index is 0.0650. The summed E-state index contributed by atoms with van der Waals surface area (Å²) >= 11 is 0. The topological polar surface area (TPSA) is 131 Å². The van der Waals surface area contributed by atoms with Gasteiger partial charge in [-0.1, -0.05) is 0 Å². The molecule has 2 heterocycles. The summed E-state index contributed by atoms with van der Waals surface area (Å²) in [7, 11) is -4.17. The van der Waals surface area contributed by atoms with Crippen molar-refractivity contribution in [1.29, 1.82) is 0 Å². The number of hydrogen-bond donors (Lipinski definition) is 3. The summed E-state index contributed by atoms with van der Waals surface area (Å²) in [6, 6.07) is 6.41. The van der Waals surface area contributed by atoms with E-state index in [0.717, 1.165) is 6.07 Å². The number of H-pyrrole nitrogens is 1.